The third kappa shape index (κ3) is 4.06. The molecule has 5 heteroatoms. The number of quaternary nitrogens is 2. The van der Waals surface area contributed by atoms with E-state index in [1.165, 1.54) is 44.0 Å². The van der Waals surface area contributed by atoms with Crippen molar-refractivity contribution < 1.29 is 9.80 Å². The lowest BCUT2D eigenvalue weighted by molar-refractivity contribution is -1.02. The van der Waals surface area contributed by atoms with Gasteiger partial charge in [0.25, 0.3) is 0 Å². The Balaban J connectivity index is 1.54. The standard InChI is InChI=1S/C17H24N4S/c1-3-20-8-10-21(11-9-20)12-16-13-22-17(19-16)18-15-6-4-14(2)5-7-15/h4-7,13H,3,8-12H2,1-2H3,(H,18,19)/p+2. The van der Waals surface area contributed by atoms with Crippen molar-refractivity contribution in [2.24, 2.45) is 0 Å². The van der Waals surface area contributed by atoms with Gasteiger partial charge in [-0.3, -0.25) is 0 Å². The number of aryl methyl sites for hydroxylation is 1. The van der Waals surface area contributed by atoms with Gasteiger partial charge in [-0.15, -0.1) is 11.3 Å². The molecule has 0 bridgehead atoms. The van der Waals surface area contributed by atoms with Crippen LogP contribution in [0.4, 0.5) is 10.8 Å². The molecule has 0 amide bonds. The van der Waals surface area contributed by atoms with Crippen LogP contribution < -0.4 is 15.1 Å². The van der Waals surface area contributed by atoms with E-state index in [2.05, 4.69) is 48.8 Å². The number of hydrogen-bond acceptors (Lipinski definition) is 3. The second-order valence-corrected chi connectivity index (χ2v) is 7.02. The SMILES string of the molecule is CC[NH+]1CC[NH+](Cc2csc(Nc3ccc(C)cc3)n2)CC1. The van der Waals surface area contributed by atoms with Gasteiger partial charge in [0.2, 0.25) is 0 Å². The monoisotopic (exact) mass is 318 g/mol. The van der Waals surface area contributed by atoms with Crippen molar-refractivity contribution in [1.29, 1.82) is 0 Å². The first kappa shape index (κ1) is 15.5. The molecule has 0 unspecified atom stereocenters. The summed E-state index contributed by atoms with van der Waals surface area (Å²) in [5.74, 6) is 0. The Morgan fingerprint density at radius 1 is 1.09 bits per heavy atom. The molecule has 2 aromatic rings. The minimum atomic E-state index is 0.996. The van der Waals surface area contributed by atoms with Crippen LogP contribution in [0, 0.1) is 6.92 Å². The minimum absolute atomic E-state index is 0.996. The molecular weight excluding hydrogens is 292 g/mol. The Morgan fingerprint density at radius 3 is 2.45 bits per heavy atom. The van der Waals surface area contributed by atoms with E-state index in [1.807, 2.05) is 0 Å². The van der Waals surface area contributed by atoms with E-state index >= 15 is 0 Å². The predicted octanol–water partition coefficient (Wildman–Crippen LogP) is 0.498. The van der Waals surface area contributed by atoms with Gasteiger partial charge in [-0.25, -0.2) is 4.98 Å². The Kier molecular flexibility index (Phi) is 5.08. The number of benzene rings is 1. The van der Waals surface area contributed by atoms with E-state index in [-0.39, 0.29) is 0 Å². The summed E-state index contributed by atoms with van der Waals surface area (Å²) in [4.78, 5) is 8.15. The zero-order valence-corrected chi connectivity index (χ0v) is 14.3. The van der Waals surface area contributed by atoms with Crippen LogP contribution in [0.3, 0.4) is 0 Å². The number of piperazine rings is 1. The van der Waals surface area contributed by atoms with Gasteiger partial charge in [0.05, 0.1) is 6.54 Å². The number of hydrogen-bond donors (Lipinski definition) is 3. The molecule has 0 aliphatic carbocycles. The van der Waals surface area contributed by atoms with E-state index in [0.717, 1.165) is 17.4 Å². The maximum atomic E-state index is 4.74. The molecule has 22 heavy (non-hydrogen) atoms. The number of anilines is 2. The van der Waals surface area contributed by atoms with Crippen molar-refractivity contribution >= 4 is 22.2 Å². The van der Waals surface area contributed by atoms with Crippen LogP contribution in [0.2, 0.25) is 0 Å². The van der Waals surface area contributed by atoms with Crippen molar-refractivity contribution in [1.82, 2.24) is 4.98 Å². The first-order valence-corrected chi connectivity index (χ1v) is 9.06. The number of thiazole rings is 1. The second kappa shape index (κ2) is 7.22. The summed E-state index contributed by atoms with van der Waals surface area (Å²) in [7, 11) is 0. The van der Waals surface area contributed by atoms with Crippen LogP contribution in [-0.2, 0) is 6.54 Å². The maximum absolute atomic E-state index is 4.74. The van der Waals surface area contributed by atoms with Gasteiger partial charge in [0, 0.05) is 11.1 Å². The lowest BCUT2D eigenvalue weighted by Gasteiger charge is -2.28. The maximum Gasteiger partial charge on any atom is 0.187 e. The fraction of sp³-hybridized carbons (Fsp3) is 0.471. The molecule has 0 saturated carbocycles. The Labute approximate surface area is 136 Å². The number of likely N-dealkylation sites (N-methyl/N-ethyl adjacent to an activating group) is 1. The zero-order valence-electron chi connectivity index (χ0n) is 13.5. The van der Waals surface area contributed by atoms with Crippen LogP contribution in [-0.4, -0.2) is 37.7 Å². The van der Waals surface area contributed by atoms with Gasteiger partial charge in [0.1, 0.15) is 38.4 Å². The van der Waals surface area contributed by atoms with Crippen molar-refractivity contribution in [3.63, 3.8) is 0 Å². The van der Waals surface area contributed by atoms with E-state index in [9.17, 15) is 0 Å². The molecule has 2 heterocycles. The Morgan fingerprint density at radius 2 is 1.77 bits per heavy atom. The second-order valence-electron chi connectivity index (χ2n) is 6.17. The highest BCUT2D eigenvalue weighted by Crippen LogP contribution is 2.20. The highest BCUT2D eigenvalue weighted by molar-refractivity contribution is 7.13. The summed E-state index contributed by atoms with van der Waals surface area (Å²) in [5, 5.41) is 6.59. The average molecular weight is 318 g/mol. The van der Waals surface area contributed by atoms with E-state index < -0.39 is 0 Å². The third-order valence-corrected chi connectivity index (χ3v) is 5.26. The fourth-order valence-electron chi connectivity index (χ4n) is 2.95. The number of rotatable bonds is 5. The molecule has 1 aromatic heterocycles. The van der Waals surface area contributed by atoms with Crippen molar-refractivity contribution in [2.45, 2.75) is 20.4 Å². The van der Waals surface area contributed by atoms with Gasteiger partial charge < -0.3 is 15.1 Å². The fourth-order valence-corrected chi connectivity index (χ4v) is 3.68. The quantitative estimate of drug-likeness (QED) is 0.750. The topological polar surface area (TPSA) is 33.8 Å². The summed E-state index contributed by atoms with van der Waals surface area (Å²) in [6, 6.07) is 8.45. The van der Waals surface area contributed by atoms with Crippen molar-refractivity contribution in [2.75, 3.05) is 38.0 Å². The number of aromatic nitrogens is 1. The zero-order chi connectivity index (χ0) is 15.4. The number of nitrogens with one attached hydrogen (secondary N) is 3. The molecule has 0 radical (unpaired) electrons. The van der Waals surface area contributed by atoms with Crippen molar-refractivity contribution in [3.05, 3.63) is 40.9 Å². The molecule has 1 aromatic carbocycles. The summed E-state index contributed by atoms with van der Waals surface area (Å²) in [5.41, 5.74) is 3.61. The van der Waals surface area contributed by atoms with Crippen LogP contribution in [0.25, 0.3) is 0 Å². The molecule has 1 aliphatic rings. The lowest BCUT2D eigenvalue weighted by atomic mass is 10.2. The first-order chi connectivity index (χ1) is 10.7. The van der Waals surface area contributed by atoms with Gasteiger partial charge in [0.15, 0.2) is 5.13 Å². The van der Waals surface area contributed by atoms with Crippen LogP contribution in [0.1, 0.15) is 18.2 Å². The first-order valence-electron chi connectivity index (χ1n) is 8.18. The molecule has 1 saturated heterocycles. The molecule has 3 N–H and O–H groups in total. The molecular formula is C17H26N4S+2. The van der Waals surface area contributed by atoms with Crippen LogP contribution >= 0.6 is 11.3 Å². The third-order valence-electron chi connectivity index (χ3n) is 4.45. The molecule has 1 fully saturated rings. The minimum Gasteiger partial charge on any atom is -0.332 e. The van der Waals surface area contributed by atoms with E-state index in [4.69, 9.17) is 4.98 Å². The highest BCUT2D eigenvalue weighted by atomic mass is 32.1. The van der Waals surface area contributed by atoms with Crippen molar-refractivity contribution in [3.8, 4) is 0 Å². The molecule has 118 valence electrons. The highest BCUT2D eigenvalue weighted by Gasteiger charge is 2.22. The molecule has 0 spiro atoms. The molecule has 1 aliphatic heterocycles. The summed E-state index contributed by atoms with van der Waals surface area (Å²) >= 11 is 1.70. The van der Waals surface area contributed by atoms with Gasteiger partial charge in [-0.1, -0.05) is 17.7 Å². The number of nitrogens with zero attached hydrogens (tertiary/aromatic N) is 1. The molecule has 0 atom stereocenters. The summed E-state index contributed by atoms with van der Waals surface area (Å²) in [6.07, 6.45) is 0. The molecule has 3 rings (SSSR count). The average Bonchev–Trinajstić information content (AvgIpc) is 2.97. The molecule has 4 nitrogen and oxygen atoms in total. The summed E-state index contributed by atoms with van der Waals surface area (Å²) in [6.45, 7) is 11.8. The van der Waals surface area contributed by atoms with Crippen LogP contribution in [0.15, 0.2) is 29.6 Å². The van der Waals surface area contributed by atoms with Gasteiger partial charge >= 0.3 is 0 Å². The summed E-state index contributed by atoms with van der Waals surface area (Å²) < 4.78 is 0. The Hall–Kier alpha value is -1.43. The van der Waals surface area contributed by atoms with Gasteiger partial charge in [-0.2, -0.15) is 0 Å². The van der Waals surface area contributed by atoms with E-state index in [1.54, 1.807) is 21.1 Å². The van der Waals surface area contributed by atoms with Gasteiger partial charge in [-0.05, 0) is 26.0 Å². The Bertz CT molecular complexity index is 585. The largest absolute Gasteiger partial charge is 0.332 e. The smallest absolute Gasteiger partial charge is 0.187 e. The van der Waals surface area contributed by atoms with Crippen LogP contribution in [0.5, 0.6) is 0 Å². The predicted molar refractivity (Wildman–Crippen MR) is 92.2 cm³/mol. The normalized spacial score (nSPS) is 21.7. The van der Waals surface area contributed by atoms with E-state index in [0.29, 0.717) is 0 Å². The lowest BCUT2D eigenvalue weighted by Crippen LogP contribution is -3.27.